The van der Waals surface area contributed by atoms with Crippen LogP contribution >= 0.6 is 19.4 Å². The number of carbonyl (C=O) groups is 1. The summed E-state index contributed by atoms with van der Waals surface area (Å²) < 4.78 is 39.0. The van der Waals surface area contributed by atoms with Gasteiger partial charge in [0.2, 0.25) is 0 Å². The van der Waals surface area contributed by atoms with Gasteiger partial charge in [-0.05, 0) is 0 Å². The third-order valence-corrected chi connectivity index (χ3v) is 8.66. The number of benzene rings is 1. The second-order valence-corrected chi connectivity index (χ2v) is 11.5. The van der Waals surface area contributed by atoms with Crippen molar-refractivity contribution >= 4 is 35.5 Å². The van der Waals surface area contributed by atoms with Crippen molar-refractivity contribution in [1.29, 1.82) is 0 Å². The van der Waals surface area contributed by atoms with Gasteiger partial charge in [0.25, 0.3) is 0 Å². The maximum atomic E-state index is 15.5. The van der Waals surface area contributed by atoms with Crippen LogP contribution in [-0.2, 0) is 18.8 Å². The summed E-state index contributed by atoms with van der Waals surface area (Å²) in [5, 5.41) is 15.8. The Bertz CT molecular complexity index is 1400. The van der Waals surface area contributed by atoms with Crippen LogP contribution in [-0.4, -0.2) is 63.2 Å². The number of aliphatic hydroxyl groups excluding tert-OH is 1. The zero-order valence-electron chi connectivity index (χ0n) is 20.0. The van der Waals surface area contributed by atoms with Gasteiger partial charge in [0.15, 0.2) is 0 Å². The standard InChI is InChI=1S/C22H27FN3O9PS/c1-12(19(29)32-3)25-36(31,35-14-5-4-6-16-13(14)8-10-37-16)33-11-15-18(28)22(2,23)20(34-15)26-9-7-17(27)24-21(26)30/h4-10,12,15,18,20,25,28,31,36H,11H2,1-3H3,(H,24,27,30)/t12-,15+,18+,20+,22+/m0/s1. The number of nitrogens with zero attached hydrogens (tertiary/aromatic N) is 1. The monoisotopic (exact) mass is 559 g/mol. The molecule has 1 aliphatic heterocycles. The van der Waals surface area contributed by atoms with Gasteiger partial charge in [0, 0.05) is 0 Å². The first-order valence-corrected chi connectivity index (χ1v) is 13.8. The number of alkyl halides is 1. The number of aliphatic hydroxyl groups is 1. The molecular weight excluding hydrogens is 532 g/mol. The van der Waals surface area contributed by atoms with Gasteiger partial charge in [-0.15, -0.1) is 0 Å². The van der Waals surface area contributed by atoms with Gasteiger partial charge in [-0.3, -0.25) is 0 Å². The van der Waals surface area contributed by atoms with Gasteiger partial charge < -0.3 is 0 Å². The third-order valence-electron chi connectivity index (χ3n) is 5.92. The van der Waals surface area contributed by atoms with Crippen LogP contribution in [0.25, 0.3) is 10.1 Å². The quantitative estimate of drug-likeness (QED) is 0.223. The molecule has 4 N–H and O–H groups in total. The Kier molecular flexibility index (Phi) is 7.81. The third kappa shape index (κ3) is 5.60. The second kappa shape index (κ2) is 10.6. The van der Waals surface area contributed by atoms with Crippen molar-refractivity contribution < 1.29 is 37.7 Å². The molecule has 202 valence electrons. The van der Waals surface area contributed by atoms with E-state index in [2.05, 4.69) is 5.09 Å². The van der Waals surface area contributed by atoms with E-state index in [0.29, 0.717) is 5.39 Å². The van der Waals surface area contributed by atoms with Crippen molar-refractivity contribution in [1.82, 2.24) is 14.6 Å². The average molecular weight is 560 g/mol. The normalized spacial score (nSPS) is 25.2. The van der Waals surface area contributed by atoms with Crippen LogP contribution in [0, 0.1) is 0 Å². The van der Waals surface area contributed by atoms with E-state index in [1.54, 1.807) is 18.2 Å². The first kappa shape index (κ1) is 27.3. The topological polar surface area (TPSA) is 161 Å². The summed E-state index contributed by atoms with van der Waals surface area (Å²) >= 11 is 1.46. The molecule has 1 fully saturated rings. The molecule has 3 heterocycles. The summed E-state index contributed by atoms with van der Waals surface area (Å²) in [4.78, 5) is 49.0. The number of fused-ring (bicyclic) bond motifs is 1. The van der Waals surface area contributed by atoms with Gasteiger partial charge in [0.05, 0.1) is 0 Å². The number of aromatic amines is 1. The number of ether oxygens (including phenoxy) is 2. The van der Waals surface area contributed by atoms with Gasteiger partial charge in [-0.25, -0.2) is 0 Å². The molecule has 1 aromatic carbocycles. The molecule has 3 aromatic rings. The van der Waals surface area contributed by atoms with Crippen LogP contribution in [0.5, 0.6) is 5.75 Å². The van der Waals surface area contributed by atoms with Crippen LogP contribution < -0.4 is 20.9 Å². The second-order valence-electron chi connectivity index (χ2n) is 8.61. The summed E-state index contributed by atoms with van der Waals surface area (Å²) in [6, 6.07) is 6.95. The van der Waals surface area contributed by atoms with Gasteiger partial charge in [-0.1, -0.05) is 0 Å². The number of halogens is 1. The summed E-state index contributed by atoms with van der Waals surface area (Å²) in [5.74, 6) is -0.420. The van der Waals surface area contributed by atoms with E-state index < -0.39 is 62.1 Å². The molecule has 0 amide bonds. The molecule has 1 saturated heterocycles. The van der Waals surface area contributed by atoms with Crippen LogP contribution in [0.2, 0.25) is 0 Å². The van der Waals surface area contributed by atoms with E-state index in [1.807, 2.05) is 16.4 Å². The number of nitrogens with one attached hydrogen (secondary N) is 2. The Morgan fingerprint density at radius 2 is 2.14 bits per heavy atom. The molecule has 0 saturated carbocycles. The average Bonchev–Trinajstić information content (AvgIpc) is 3.41. The molecule has 0 unspecified atom stereocenters. The summed E-state index contributed by atoms with van der Waals surface area (Å²) in [6.07, 6.45) is -3.69. The molecule has 15 heteroatoms. The predicted molar refractivity (Wildman–Crippen MR) is 134 cm³/mol. The van der Waals surface area contributed by atoms with Gasteiger partial charge in [0.1, 0.15) is 0 Å². The number of esters is 1. The summed E-state index contributed by atoms with van der Waals surface area (Å²) in [6.45, 7) is 1.90. The zero-order valence-corrected chi connectivity index (χ0v) is 21.9. The first-order chi connectivity index (χ1) is 17.4. The Hall–Kier alpha value is -2.71. The number of rotatable bonds is 9. The number of H-pyrrole nitrogens is 1. The number of hydrogen-bond acceptors (Lipinski definition) is 11. The molecule has 4 rings (SSSR count). The van der Waals surface area contributed by atoms with Crippen molar-refractivity contribution in [2.45, 2.75) is 44.0 Å². The van der Waals surface area contributed by atoms with E-state index in [0.717, 1.165) is 28.5 Å². The minimum atomic E-state index is -4.46. The van der Waals surface area contributed by atoms with Crippen molar-refractivity contribution in [2.75, 3.05) is 13.7 Å². The van der Waals surface area contributed by atoms with Crippen molar-refractivity contribution in [3.63, 3.8) is 0 Å². The predicted octanol–water partition coefficient (Wildman–Crippen LogP) is 1.39. The number of aromatic nitrogens is 2. The Morgan fingerprint density at radius 3 is 2.84 bits per heavy atom. The molecule has 37 heavy (non-hydrogen) atoms. The molecule has 1 aliphatic rings. The van der Waals surface area contributed by atoms with E-state index in [9.17, 15) is 24.4 Å². The van der Waals surface area contributed by atoms with E-state index >= 15 is 4.39 Å². The fourth-order valence-electron chi connectivity index (χ4n) is 3.97. The van der Waals surface area contributed by atoms with Gasteiger partial charge in [-0.2, -0.15) is 0 Å². The Labute approximate surface area is 214 Å². The van der Waals surface area contributed by atoms with Crippen LogP contribution in [0.15, 0.2) is 51.5 Å². The molecule has 0 radical (unpaired) electrons. The summed E-state index contributed by atoms with van der Waals surface area (Å²) in [5.41, 5.74) is -4.08. The number of methoxy groups -OCH3 is 1. The van der Waals surface area contributed by atoms with E-state index in [-0.39, 0.29) is 5.75 Å². The SMILES string of the molecule is COC(=O)[C@H](C)N[PH](O)(OC[C@H]1O[C@@H](n2ccc(=O)[nH]c2=O)[C@](C)(F)[C@@H]1O)Oc1cccc2sccc12. The number of carbonyl (C=O) groups excluding carboxylic acids is 1. The molecule has 2 aromatic heterocycles. The minimum absolute atomic E-state index is 0.276. The van der Waals surface area contributed by atoms with Crippen LogP contribution in [0.3, 0.4) is 0 Å². The van der Waals surface area contributed by atoms with Crippen molar-refractivity contribution in [3.8, 4) is 5.75 Å². The molecule has 5 atom stereocenters. The fourth-order valence-corrected chi connectivity index (χ4v) is 6.51. The summed E-state index contributed by atoms with van der Waals surface area (Å²) in [7, 11) is -3.28. The molecule has 0 spiro atoms. The zero-order chi connectivity index (χ0) is 27.0. The Balaban J connectivity index is 1.58. The van der Waals surface area contributed by atoms with E-state index in [1.165, 1.54) is 25.4 Å². The maximum absolute atomic E-state index is 15.5. The first-order valence-electron chi connectivity index (χ1n) is 11.2. The van der Waals surface area contributed by atoms with Crippen LogP contribution in [0.1, 0.15) is 20.1 Å². The van der Waals surface area contributed by atoms with Gasteiger partial charge >= 0.3 is 214 Å². The number of thiophene rings is 1. The van der Waals surface area contributed by atoms with E-state index in [4.69, 9.17) is 18.5 Å². The molecular formula is C22H27FN3O9PS. The molecule has 12 nitrogen and oxygen atoms in total. The fraction of sp³-hybridized carbons (Fsp3) is 0.409. The number of hydrogen-bond donors (Lipinski definition) is 4. The van der Waals surface area contributed by atoms with Crippen LogP contribution in [0.4, 0.5) is 4.39 Å². The van der Waals surface area contributed by atoms with Crippen molar-refractivity contribution in [2.24, 2.45) is 0 Å². The Morgan fingerprint density at radius 1 is 1.38 bits per heavy atom. The molecule has 0 aliphatic carbocycles. The van der Waals surface area contributed by atoms with Crippen molar-refractivity contribution in [3.05, 3.63) is 62.7 Å². The molecule has 0 bridgehead atoms.